The van der Waals surface area contributed by atoms with Gasteiger partial charge in [-0.25, -0.2) is 4.39 Å². The highest BCUT2D eigenvalue weighted by molar-refractivity contribution is 5.98. The fraction of sp³-hybridized carbons (Fsp3) is 0.333. The molecule has 3 rings (SSSR count). The molecule has 28 heavy (non-hydrogen) atoms. The van der Waals surface area contributed by atoms with Crippen molar-refractivity contribution in [1.82, 2.24) is 4.90 Å². The first-order valence-electron chi connectivity index (χ1n) is 9.05. The highest BCUT2D eigenvalue weighted by atomic mass is 19.1. The third-order valence-electron chi connectivity index (χ3n) is 4.83. The molecule has 7 heteroatoms. The summed E-state index contributed by atoms with van der Waals surface area (Å²) in [6, 6.07) is 11.3. The van der Waals surface area contributed by atoms with E-state index in [-0.39, 0.29) is 24.1 Å². The second-order valence-corrected chi connectivity index (χ2v) is 6.67. The summed E-state index contributed by atoms with van der Waals surface area (Å²) in [5.74, 6) is 0.109. The number of anilines is 1. The third-order valence-corrected chi connectivity index (χ3v) is 4.83. The Kier molecular flexibility index (Phi) is 6.13. The highest BCUT2D eigenvalue weighted by Gasteiger charge is 2.34. The van der Waals surface area contributed by atoms with Gasteiger partial charge in [0.2, 0.25) is 11.8 Å². The first kappa shape index (κ1) is 19.7. The van der Waals surface area contributed by atoms with Gasteiger partial charge in [-0.15, -0.1) is 0 Å². The van der Waals surface area contributed by atoms with Crippen LogP contribution in [0.2, 0.25) is 0 Å². The van der Waals surface area contributed by atoms with E-state index in [1.807, 2.05) is 0 Å². The lowest BCUT2D eigenvalue weighted by Crippen LogP contribution is -2.30. The van der Waals surface area contributed by atoms with E-state index < -0.39 is 5.92 Å². The van der Waals surface area contributed by atoms with E-state index in [1.54, 1.807) is 42.3 Å². The minimum absolute atomic E-state index is 0.0557. The maximum atomic E-state index is 13.0. The van der Waals surface area contributed by atoms with Gasteiger partial charge < -0.3 is 19.7 Å². The molecule has 0 saturated carbocycles. The maximum absolute atomic E-state index is 13.0. The van der Waals surface area contributed by atoms with Crippen LogP contribution in [0.4, 0.5) is 10.1 Å². The number of hydrogen-bond acceptors (Lipinski definition) is 4. The van der Waals surface area contributed by atoms with E-state index in [9.17, 15) is 14.0 Å². The molecule has 1 N–H and O–H groups in total. The Morgan fingerprint density at radius 2 is 1.93 bits per heavy atom. The van der Waals surface area contributed by atoms with E-state index in [1.165, 1.54) is 19.2 Å². The van der Waals surface area contributed by atoms with Crippen molar-refractivity contribution in [2.75, 3.05) is 32.6 Å². The van der Waals surface area contributed by atoms with E-state index in [4.69, 9.17) is 9.47 Å². The average molecular weight is 386 g/mol. The molecule has 2 aromatic carbocycles. The molecular weight excluding hydrogens is 363 g/mol. The summed E-state index contributed by atoms with van der Waals surface area (Å²) in [4.78, 5) is 26.6. The number of nitrogens with zero attached hydrogens (tertiary/aromatic N) is 1. The molecule has 0 unspecified atom stereocenters. The Labute approximate surface area is 163 Å². The Balaban J connectivity index is 1.60. The summed E-state index contributed by atoms with van der Waals surface area (Å²) in [7, 11) is 3.07. The Hall–Kier alpha value is -3.09. The number of hydrogen-bond donors (Lipinski definition) is 1. The minimum atomic E-state index is -0.434. The fourth-order valence-corrected chi connectivity index (χ4v) is 3.23. The van der Waals surface area contributed by atoms with Gasteiger partial charge in [0.1, 0.15) is 17.3 Å². The molecule has 0 aliphatic carbocycles. The van der Waals surface area contributed by atoms with Crippen LogP contribution in [-0.2, 0) is 16.0 Å². The van der Waals surface area contributed by atoms with Gasteiger partial charge in [-0.2, -0.15) is 0 Å². The van der Waals surface area contributed by atoms with Crippen molar-refractivity contribution in [3.8, 4) is 11.5 Å². The molecular formula is C21H23FN2O4. The van der Waals surface area contributed by atoms with Crippen LogP contribution in [0.3, 0.4) is 0 Å². The number of methoxy groups -OCH3 is 2. The first-order valence-corrected chi connectivity index (χ1v) is 9.05. The summed E-state index contributed by atoms with van der Waals surface area (Å²) >= 11 is 0. The van der Waals surface area contributed by atoms with E-state index >= 15 is 0 Å². The molecule has 6 nitrogen and oxygen atoms in total. The predicted octanol–water partition coefficient (Wildman–Crippen LogP) is 2.87. The van der Waals surface area contributed by atoms with Crippen LogP contribution in [0.5, 0.6) is 11.5 Å². The number of halogens is 1. The number of carbonyl (C=O) groups is 2. The largest absolute Gasteiger partial charge is 0.497 e. The number of rotatable bonds is 7. The molecule has 1 atom stereocenters. The number of carbonyl (C=O) groups excluding carboxylic acids is 2. The fourth-order valence-electron chi connectivity index (χ4n) is 3.23. The summed E-state index contributed by atoms with van der Waals surface area (Å²) in [6.07, 6.45) is 0.783. The van der Waals surface area contributed by atoms with Crippen LogP contribution in [0.15, 0.2) is 42.5 Å². The summed E-state index contributed by atoms with van der Waals surface area (Å²) in [5, 5.41) is 2.83. The van der Waals surface area contributed by atoms with Crippen LogP contribution >= 0.6 is 0 Å². The summed E-state index contributed by atoms with van der Waals surface area (Å²) < 4.78 is 23.4. The molecule has 0 bridgehead atoms. The summed E-state index contributed by atoms with van der Waals surface area (Å²) in [5.41, 5.74) is 1.45. The SMILES string of the molecule is COc1ccc(OC)c(NC(=O)[C@@H]2CC(=O)N(CCc3ccc(F)cc3)C2)c1. The van der Waals surface area contributed by atoms with Gasteiger partial charge in [-0.05, 0) is 36.2 Å². The normalized spacial score (nSPS) is 16.2. The number of nitrogens with one attached hydrogen (secondary N) is 1. The van der Waals surface area contributed by atoms with Gasteiger partial charge in [-0.3, -0.25) is 9.59 Å². The molecule has 0 radical (unpaired) electrons. The van der Waals surface area contributed by atoms with Crippen molar-refractivity contribution in [1.29, 1.82) is 0 Å². The van der Waals surface area contributed by atoms with Crippen LogP contribution in [0.1, 0.15) is 12.0 Å². The number of amides is 2. The zero-order chi connectivity index (χ0) is 20.1. The van der Waals surface area contributed by atoms with Gasteiger partial charge in [0.15, 0.2) is 0 Å². The second-order valence-electron chi connectivity index (χ2n) is 6.67. The lowest BCUT2D eigenvalue weighted by atomic mass is 10.1. The van der Waals surface area contributed by atoms with E-state index in [2.05, 4.69) is 5.32 Å². The number of ether oxygens (including phenoxy) is 2. The molecule has 148 valence electrons. The Bertz CT molecular complexity index is 854. The van der Waals surface area contributed by atoms with Gasteiger partial charge in [0.25, 0.3) is 0 Å². The molecule has 2 amide bonds. The van der Waals surface area contributed by atoms with Crippen molar-refractivity contribution < 1.29 is 23.5 Å². The first-order chi connectivity index (χ1) is 13.5. The van der Waals surface area contributed by atoms with Gasteiger partial charge in [0.05, 0.1) is 25.8 Å². The molecule has 1 aliphatic rings. The van der Waals surface area contributed by atoms with Crippen molar-refractivity contribution in [2.45, 2.75) is 12.8 Å². The molecule has 0 spiro atoms. The lowest BCUT2D eigenvalue weighted by Gasteiger charge is -2.17. The monoisotopic (exact) mass is 386 g/mol. The Morgan fingerprint density at radius 1 is 1.18 bits per heavy atom. The van der Waals surface area contributed by atoms with Crippen LogP contribution in [0, 0.1) is 11.7 Å². The third kappa shape index (κ3) is 4.60. The number of likely N-dealkylation sites (tertiary alicyclic amines) is 1. The molecule has 2 aromatic rings. The topological polar surface area (TPSA) is 67.9 Å². The van der Waals surface area contributed by atoms with Crippen molar-refractivity contribution in [3.05, 3.63) is 53.8 Å². The number of benzene rings is 2. The van der Waals surface area contributed by atoms with Gasteiger partial charge in [0, 0.05) is 25.6 Å². The molecule has 1 fully saturated rings. The van der Waals surface area contributed by atoms with Crippen LogP contribution in [-0.4, -0.2) is 44.0 Å². The van der Waals surface area contributed by atoms with Crippen LogP contribution < -0.4 is 14.8 Å². The smallest absolute Gasteiger partial charge is 0.229 e. The molecule has 0 aromatic heterocycles. The molecule has 1 heterocycles. The Morgan fingerprint density at radius 3 is 2.61 bits per heavy atom. The minimum Gasteiger partial charge on any atom is -0.497 e. The zero-order valence-electron chi connectivity index (χ0n) is 15.9. The maximum Gasteiger partial charge on any atom is 0.229 e. The standard InChI is InChI=1S/C21H23FN2O4/c1-27-17-7-8-19(28-2)18(12-17)23-21(26)15-11-20(25)24(13-15)10-9-14-3-5-16(22)6-4-14/h3-8,12,15H,9-11,13H2,1-2H3,(H,23,26)/t15-/m1/s1. The predicted molar refractivity (Wildman–Crippen MR) is 103 cm³/mol. The highest BCUT2D eigenvalue weighted by Crippen LogP contribution is 2.30. The zero-order valence-corrected chi connectivity index (χ0v) is 15.9. The van der Waals surface area contributed by atoms with Crippen molar-refractivity contribution >= 4 is 17.5 Å². The van der Waals surface area contributed by atoms with Crippen LogP contribution in [0.25, 0.3) is 0 Å². The summed E-state index contributed by atoms with van der Waals surface area (Å²) in [6.45, 7) is 0.856. The quantitative estimate of drug-likeness (QED) is 0.795. The van der Waals surface area contributed by atoms with Gasteiger partial charge >= 0.3 is 0 Å². The molecule has 1 saturated heterocycles. The van der Waals surface area contributed by atoms with Crippen molar-refractivity contribution in [3.63, 3.8) is 0 Å². The van der Waals surface area contributed by atoms with E-state index in [0.717, 1.165) is 5.56 Å². The lowest BCUT2D eigenvalue weighted by molar-refractivity contribution is -0.128. The van der Waals surface area contributed by atoms with E-state index in [0.29, 0.717) is 36.7 Å². The molecule has 1 aliphatic heterocycles. The second kappa shape index (κ2) is 8.73. The van der Waals surface area contributed by atoms with Gasteiger partial charge in [-0.1, -0.05) is 12.1 Å². The van der Waals surface area contributed by atoms with Crippen molar-refractivity contribution in [2.24, 2.45) is 5.92 Å². The average Bonchev–Trinajstić information content (AvgIpc) is 3.08.